The minimum atomic E-state index is -0.358. The van der Waals surface area contributed by atoms with E-state index in [4.69, 9.17) is 15.3 Å². The van der Waals surface area contributed by atoms with Crippen molar-refractivity contribution in [1.82, 2.24) is 4.98 Å². The molecule has 0 aliphatic carbocycles. The highest BCUT2D eigenvalue weighted by Crippen LogP contribution is 2.41. The van der Waals surface area contributed by atoms with E-state index in [2.05, 4.69) is 17.0 Å². The Kier molecular flexibility index (Phi) is 5.14. The first-order chi connectivity index (χ1) is 18.0. The summed E-state index contributed by atoms with van der Waals surface area (Å²) in [7, 11) is 0. The number of terminal acetylenes is 1. The van der Waals surface area contributed by atoms with Gasteiger partial charge in [-0.05, 0) is 73.5 Å². The van der Waals surface area contributed by atoms with Gasteiger partial charge in [-0.1, -0.05) is 24.1 Å². The molecule has 0 bridgehead atoms. The van der Waals surface area contributed by atoms with Crippen molar-refractivity contribution in [3.8, 4) is 40.8 Å². The van der Waals surface area contributed by atoms with Crippen LogP contribution in [0.25, 0.3) is 61.4 Å². The van der Waals surface area contributed by atoms with E-state index in [0.717, 1.165) is 44.2 Å². The van der Waals surface area contributed by atoms with Gasteiger partial charge in [-0.2, -0.15) is 5.26 Å². The predicted molar refractivity (Wildman–Crippen MR) is 144 cm³/mol. The number of benzene rings is 3. The highest BCUT2D eigenvalue weighted by molar-refractivity contribution is 6.13. The number of allylic oxidation sites excluding steroid dienone is 1. The van der Waals surface area contributed by atoms with E-state index in [1.54, 1.807) is 19.1 Å². The second-order valence-corrected chi connectivity index (χ2v) is 8.90. The Balaban J connectivity index is 1.61. The summed E-state index contributed by atoms with van der Waals surface area (Å²) < 4.78 is 26.4. The molecule has 0 unspecified atom stereocenters. The van der Waals surface area contributed by atoms with Crippen LogP contribution in [0, 0.1) is 43.3 Å². The molecule has 0 saturated carbocycles. The van der Waals surface area contributed by atoms with E-state index in [9.17, 15) is 9.65 Å². The first-order valence-electron chi connectivity index (χ1n) is 11.7. The number of hydrogen-bond donors (Lipinski definition) is 0. The Morgan fingerprint density at radius 2 is 1.78 bits per heavy atom. The van der Waals surface area contributed by atoms with Crippen LogP contribution in [0.15, 0.2) is 75.7 Å². The molecule has 0 aliphatic rings. The Morgan fingerprint density at radius 1 is 0.946 bits per heavy atom. The van der Waals surface area contributed by atoms with Crippen LogP contribution in [0.4, 0.5) is 4.39 Å². The standard InChI is InChI=1S/C32H19FN2O2/c1-4-5-7-22-19(3)36-30-15-21(10-11-23(22)30)26-13-20(16-34)14-27-24-8-6-9-25(31(24)37-32(26)27)29-12-18(2)28(33)17-35-29/h1,5-15,17H,2-3H3/b7-5-. The monoisotopic (exact) mass is 482 g/mol. The maximum atomic E-state index is 13.9. The first-order valence-corrected chi connectivity index (χ1v) is 11.7. The van der Waals surface area contributed by atoms with E-state index in [1.165, 1.54) is 6.20 Å². The minimum Gasteiger partial charge on any atom is -0.461 e. The Morgan fingerprint density at radius 3 is 2.57 bits per heavy atom. The summed E-state index contributed by atoms with van der Waals surface area (Å²) >= 11 is 0. The molecule has 0 radical (unpaired) electrons. The zero-order chi connectivity index (χ0) is 25.7. The number of furan rings is 2. The van der Waals surface area contributed by atoms with Crippen LogP contribution in [-0.2, 0) is 0 Å². The number of aromatic nitrogens is 1. The summed E-state index contributed by atoms with van der Waals surface area (Å²) in [6.45, 7) is 3.60. The lowest BCUT2D eigenvalue weighted by molar-refractivity contribution is 0.577. The molecule has 0 atom stereocenters. The van der Waals surface area contributed by atoms with Gasteiger partial charge in [0.25, 0.3) is 0 Å². The molecule has 0 N–H and O–H groups in total. The van der Waals surface area contributed by atoms with Gasteiger partial charge in [0, 0.05) is 32.8 Å². The molecule has 176 valence electrons. The fourth-order valence-corrected chi connectivity index (χ4v) is 4.81. The maximum Gasteiger partial charge on any atom is 0.144 e. The van der Waals surface area contributed by atoms with Gasteiger partial charge in [0.2, 0.25) is 0 Å². The summed E-state index contributed by atoms with van der Waals surface area (Å²) in [6, 6.07) is 19.3. The molecule has 5 heteroatoms. The van der Waals surface area contributed by atoms with Gasteiger partial charge in [-0.25, -0.2) is 4.39 Å². The predicted octanol–water partition coefficient (Wildman–Crippen LogP) is 8.34. The molecule has 3 heterocycles. The Bertz CT molecular complexity index is 1990. The van der Waals surface area contributed by atoms with Crippen LogP contribution < -0.4 is 0 Å². The van der Waals surface area contributed by atoms with Gasteiger partial charge >= 0.3 is 0 Å². The second-order valence-electron chi connectivity index (χ2n) is 8.90. The number of para-hydroxylation sites is 1. The second kappa shape index (κ2) is 8.52. The number of rotatable bonds is 3. The smallest absolute Gasteiger partial charge is 0.144 e. The van der Waals surface area contributed by atoms with Gasteiger partial charge in [0.05, 0.1) is 23.5 Å². The van der Waals surface area contributed by atoms with Crippen molar-refractivity contribution in [3.63, 3.8) is 0 Å². The number of aryl methyl sites for hydroxylation is 2. The lowest BCUT2D eigenvalue weighted by atomic mass is 9.97. The molecule has 3 aromatic carbocycles. The zero-order valence-corrected chi connectivity index (χ0v) is 20.1. The number of pyridine rings is 1. The fraction of sp³-hybridized carbons (Fsp3) is 0.0625. The van der Waals surface area contributed by atoms with Gasteiger partial charge in [0.15, 0.2) is 0 Å². The van der Waals surface area contributed by atoms with Crippen molar-refractivity contribution < 1.29 is 13.2 Å². The summed E-state index contributed by atoms with van der Waals surface area (Å²) in [5.41, 5.74) is 6.94. The lowest BCUT2D eigenvalue weighted by Crippen LogP contribution is -1.89. The van der Waals surface area contributed by atoms with E-state index in [0.29, 0.717) is 33.6 Å². The molecule has 3 aromatic heterocycles. The molecule has 6 rings (SSSR count). The largest absolute Gasteiger partial charge is 0.461 e. The average Bonchev–Trinajstić information content (AvgIpc) is 3.44. The van der Waals surface area contributed by atoms with Crippen molar-refractivity contribution in [2.75, 3.05) is 0 Å². The van der Waals surface area contributed by atoms with E-state index >= 15 is 0 Å². The molecule has 6 aromatic rings. The van der Waals surface area contributed by atoms with Gasteiger partial charge in [-0.15, -0.1) is 6.42 Å². The number of fused-ring (bicyclic) bond motifs is 4. The van der Waals surface area contributed by atoms with Crippen LogP contribution in [0.5, 0.6) is 0 Å². The lowest BCUT2D eigenvalue weighted by Gasteiger charge is -2.04. The summed E-state index contributed by atoms with van der Waals surface area (Å²) in [5, 5.41) is 12.4. The van der Waals surface area contributed by atoms with Gasteiger partial charge < -0.3 is 8.83 Å². The molecule has 4 nitrogen and oxygen atoms in total. The molecule has 0 spiro atoms. The normalized spacial score (nSPS) is 11.5. The van der Waals surface area contributed by atoms with Crippen LogP contribution in [0.1, 0.15) is 22.5 Å². The summed E-state index contributed by atoms with van der Waals surface area (Å²) in [4.78, 5) is 4.29. The summed E-state index contributed by atoms with van der Waals surface area (Å²) in [5.74, 6) is 2.92. The van der Waals surface area contributed by atoms with E-state index < -0.39 is 0 Å². The summed E-state index contributed by atoms with van der Waals surface area (Å²) in [6.07, 6.45) is 10.1. The van der Waals surface area contributed by atoms with Crippen molar-refractivity contribution in [1.29, 1.82) is 5.26 Å². The molecule has 0 aliphatic heterocycles. The number of nitriles is 1. The topological polar surface area (TPSA) is 63.0 Å². The highest BCUT2D eigenvalue weighted by Gasteiger charge is 2.19. The SMILES string of the molecule is C#C/C=C\c1c(C)oc2cc(-c3cc(C#N)cc4c3oc3c(-c5cc(C)c(F)cn5)cccc34)ccc12. The van der Waals surface area contributed by atoms with Gasteiger partial charge in [0.1, 0.15) is 28.3 Å². The molecular weight excluding hydrogens is 463 g/mol. The third-order valence-corrected chi connectivity index (χ3v) is 6.62. The zero-order valence-electron chi connectivity index (χ0n) is 20.1. The van der Waals surface area contributed by atoms with Crippen molar-refractivity contribution in [2.24, 2.45) is 0 Å². The van der Waals surface area contributed by atoms with Crippen LogP contribution in [0.2, 0.25) is 0 Å². The first kappa shape index (κ1) is 22.3. The third kappa shape index (κ3) is 3.57. The molecule has 0 fully saturated rings. The number of hydrogen-bond acceptors (Lipinski definition) is 4. The quantitative estimate of drug-likeness (QED) is 0.238. The van der Waals surface area contributed by atoms with Crippen molar-refractivity contribution in [3.05, 3.63) is 95.1 Å². The number of nitrogens with zero attached hydrogens (tertiary/aromatic N) is 2. The van der Waals surface area contributed by atoms with Crippen LogP contribution in [0.3, 0.4) is 0 Å². The molecular formula is C32H19FN2O2. The molecule has 0 amide bonds. The van der Waals surface area contributed by atoms with E-state index in [1.807, 2.05) is 61.5 Å². The third-order valence-electron chi connectivity index (χ3n) is 6.62. The van der Waals surface area contributed by atoms with E-state index in [-0.39, 0.29) is 5.82 Å². The van der Waals surface area contributed by atoms with Crippen molar-refractivity contribution >= 4 is 39.0 Å². The average molecular weight is 483 g/mol. The maximum absolute atomic E-state index is 13.9. The highest BCUT2D eigenvalue weighted by atomic mass is 19.1. The molecule has 37 heavy (non-hydrogen) atoms. The molecule has 0 saturated heterocycles. The van der Waals surface area contributed by atoms with Crippen LogP contribution in [-0.4, -0.2) is 4.98 Å². The van der Waals surface area contributed by atoms with Gasteiger partial charge in [-0.3, -0.25) is 4.98 Å². The Hall–Kier alpha value is -5.13. The minimum absolute atomic E-state index is 0.358. The fourth-order valence-electron chi connectivity index (χ4n) is 4.81. The number of halogens is 1. The van der Waals surface area contributed by atoms with Crippen LogP contribution >= 0.6 is 0 Å². The van der Waals surface area contributed by atoms with Crippen molar-refractivity contribution in [2.45, 2.75) is 13.8 Å². The Labute approximate surface area is 212 Å².